The standard InChI is InChI=1S/C15H20N2O4/c1-9-10(13(18)21-3)6-7-12(16-9)17-11-5-4-8-15(11,2)14(19)20/h6-7,11H,4-5,8H2,1-3H3,(H,16,17)(H,19,20). The number of hydrogen-bond donors (Lipinski definition) is 2. The molecule has 114 valence electrons. The van der Waals surface area contributed by atoms with E-state index in [9.17, 15) is 14.7 Å². The van der Waals surface area contributed by atoms with Gasteiger partial charge < -0.3 is 15.2 Å². The van der Waals surface area contributed by atoms with E-state index in [4.69, 9.17) is 0 Å². The maximum absolute atomic E-state index is 11.5. The molecule has 0 spiro atoms. The van der Waals surface area contributed by atoms with Crippen molar-refractivity contribution in [3.63, 3.8) is 0 Å². The number of nitrogens with one attached hydrogen (secondary N) is 1. The molecule has 1 aliphatic carbocycles. The molecular formula is C15H20N2O4. The first-order valence-corrected chi connectivity index (χ1v) is 6.94. The van der Waals surface area contributed by atoms with E-state index in [1.165, 1.54) is 7.11 Å². The van der Waals surface area contributed by atoms with Crippen molar-refractivity contribution in [2.45, 2.75) is 39.2 Å². The molecule has 0 amide bonds. The number of hydrogen-bond acceptors (Lipinski definition) is 5. The van der Waals surface area contributed by atoms with E-state index in [0.717, 1.165) is 12.8 Å². The molecule has 1 saturated carbocycles. The number of nitrogens with zero attached hydrogens (tertiary/aromatic N) is 1. The maximum Gasteiger partial charge on any atom is 0.339 e. The average molecular weight is 292 g/mol. The van der Waals surface area contributed by atoms with Gasteiger partial charge in [0.25, 0.3) is 0 Å². The highest BCUT2D eigenvalue weighted by atomic mass is 16.5. The Labute approximate surface area is 123 Å². The van der Waals surface area contributed by atoms with Gasteiger partial charge in [0.05, 0.1) is 23.8 Å². The molecule has 1 fully saturated rings. The van der Waals surface area contributed by atoms with Crippen LogP contribution in [0.1, 0.15) is 42.2 Å². The first-order valence-electron chi connectivity index (χ1n) is 6.94. The van der Waals surface area contributed by atoms with Crippen LogP contribution >= 0.6 is 0 Å². The second kappa shape index (κ2) is 5.71. The zero-order valence-corrected chi connectivity index (χ0v) is 12.5. The molecule has 2 atom stereocenters. The highest BCUT2D eigenvalue weighted by Crippen LogP contribution is 2.39. The lowest BCUT2D eigenvalue weighted by Gasteiger charge is -2.28. The van der Waals surface area contributed by atoms with Crippen molar-refractivity contribution in [1.82, 2.24) is 4.98 Å². The Hall–Kier alpha value is -2.11. The number of aliphatic carboxylic acids is 1. The van der Waals surface area contributed by atoms with Gasteiger partial charge >= 0.3 is 11.9 Å². The Morgan fingerprint density at radius 2 is 2.19 bits per heavy atom. The summed E-state index contributed by atoms with van der Waals surface area (Å²) in [4.78, 5) is 27.3. The summed E-state index contributed by atoms with van der Waals surface area (Å²) in [5, 5.41) is 12.6. The lowest BCUT2D eigenvalue weighted by Crippen LogP contribution is -2.40. The van der Waals surface area contributed by atoms with Gasteiger partial charge in [-0.15, -0.1) is 0 Å². The first kappa shape index (κ1) is 15.3. The lowest BCUT2D eigenvalue weighted by molar-refractivity contribution is -0.147. The normalized spacial score (nSPS) is 24.6. The predicted octanol–water partition coefficient (Wildman–Crippen LogP) is 2.23. The number of ether oxygens (including phenoxy) is 1. The van der Waals surface area contributed by atoms with E-state index in [1.54, 1.807) is 26.0 Å². The minimum absolute atomic E-state index is 0.161. The van der Waals surface area contributed by atoms with Gasteiger partial charge in [-0.3, -0.25) is 4.79 Å². The summed E-state index contributed by atoms with van der Waals surface area (Å²) >= 11 is 0. The van der Waals surface area contributed by atoms with Crippen molar-refractivity contribution < 1.29 is 19.4 Å². The molecule has 1 aliphatic rings. The van der Waals surface area contributed by atoms with Gasteiger partial charge in [-0.1, -0.05) is 6.42 Å². The number of esters is 1. The third kappa shape index (κ3) is 2.84. The Kier molecular flexibility index (Phi) is 4.16. The zero-order valence-electron chi connectivity index (χ0n) is 12.5. The van der Waals surface area contributed by atoms with Gasteiger partial charge in [0.2, 0.25) is 0 Å². The van der Waals surface area contributed by atoms with Crippen LogP contribution in [0.5, 0.6) is 0 Å². The fraction of sp³-hybridized carbons (Fsp3) is 0.533. The number of anilines is 1. The molecule has 0 bridgehead atoms. The van der Waals surface area contributed by atoms with Gasteiger partial charge in [-0.05, 0) is 38.8 Å². The summed E-state index contributed by atoms with van der Waals surface area (Å²) in [5.74, 6) is -0.636. The van der Waals surface area contributed by atoms with Crippen LogP contribution in [-0.4, -0.2) is 35.2 Å². The molecule has 21 heavy (non-hydrogen) atoms. The Morgan fingerprint density at radius 1 is 1.48 bits per heavy atom. The number of rotatable bonds is 4. The highest BCUT2D eigenvalue weighted by Gasteiger charge is 2.45. The SMILES string of the molecule is COC(=O)c1ccc(NC2CCCC2(C)C(=O)O)nc1C. The molecule has 1 aromatic heterocycles. The minimum atomic E-state index is -0.791. The third-order valence-corrected chi connectivity index (χ3v) is 4.26. The van der Waals surface area contributed by atoms with Crippen molar-refractivity contribution in [3.05, 3.63) is 23.4 Å². The summed E-state index contributed by atoms with van der Waals surface area (Å²) in [6.45, 7) is 3.48. The number of carbonyl (C=O) groups is 2. The van der Waals surface area contributed by atoms with Crippen molar-refractivity contribution >= 4 is 17.8 Å². The largest absolute Gasteiger partial charge is 0.481 e. The van der Waals surface area contributed by atoms with Crippen LogP contribution < -0.4 is 5.32 Å². The number of methoxy groups -OCH3 is 1. The summed E-state index contributed by atoms with van der Waals surface area (Å²) in [7, 11) is 1.32. The van der Waals surface area contributed by atoms with Gasteiger partial charge in [0.1, 0.15) is 5.82 Å². The zero-order chi connectivity index (χ0) is 15.6. The lowest BCUT2D eigenvalue weighted by atomic mass is 9.85. The monoisotopic (exact) mass is 292 g/mol. The first-order chi connectivity index (χ1) is 9.88. The van der Waals surface area contributed by atoms with Crippen LogP contribution in [0.15, 0.2) is 12.1 Å². The molecule has 0 aliphatic heterocycles. The smallest absolute Gasteiger partial charge is 0.339 e. The minimum Gasteiger partial charge on any atom is -0.481 e. The molecule has 6 nitrogen and oxygen atoms in total. The Balaban J connectivity index is 2.19. The van der Waals surface area contributed by atoms with Gasteiger partial charge in [0.15, 0.2) is 0 Å². The van der Waals surface area contributed by atoms with E-state index in [2.05, 4.69) is 15.0 Å². The van der Waals surface area contributed by atoms with E-state index in [0.29, 0.717) is 23.5 Å². The fourth-order valence-electron chi connectivity index (χ4n) is 2.80. The molecule has 0 saturated heterocycles. The average Bonchev–Trinajstić information content (AvgIpc) is 2.81. The predicted molar refractivity (Wildman–Crippen MR) is 77.3 cm³/mol. The number of carboxylic acid groups (broad SMARTS) is 1. The summed E-state index contributed by atoms with van der Waals surface area (Å²) < 4.78 is 4.68. The molecule has 2 N–H and O–H groups in total. The summed E-state index contributed by atoms with van der Waals surface area (Å²) in [6.07, 6.45) is 2.32. The van der Waals surface area contributed by atoms with Crippen LogP contribution in [-0.2, 0) is 9.53 Å². The maximum atomic E-state index is 11.5. The van der Waals surface area contributed by atoms with Crippen LogP contribution in [0, 0.1) is 12.3 Å². The van der Waals surface area contributed by atoms with Crippen LogP contribution in [0.25, 0.3) is 0 Å². The van der Waals surface area contributed by atoms with Crippen molar-refractivity contribution in [2.24, 2.45) is 5.41 Å². The molecule has 1 heterocycles. The Morgan fingerprint density at radius 3 is 2.76 bits per heavy atom. The topological polar surface area (TPSA) is 88.5 Å². The highest BCUT2D eigenvalue weighted by molar-refractivity contribution is 5.90. The quantitative estimate of drug-likeness (QED) is 0.827. The van der Waals surface area contributed by atoms with E-state index in [1.807, 2.05) is 0 Å². The second-order valence-corrected chi connectivity index (χ2v) is 5.63. The molecule has 2 rings (SSSR count). The van der Waals surface area contributed by atoms with Crippen LogP contribution in [0.2, 0.25) is 0 Å². The molecule has 2 unspecified atom stereocenters. The number of aromatic nitrogens is 1. The van der Waals surface area contributed by atoms with Crippen LogP contribution in [0.3, 0.4) is 0 Å². The van der Waals surface area contributed by atoms with Crippen molar-refractivity contribution in [2.75, 3.05) is 12.4 Å². The molecule has 6 heteroatoms. The number of aryl methyl sites for hydroxylation is 1. The van der Waals surface area contributed by atoms with Crippen molar-refractivity contribution in [3.8, 4) is 0 Å². The van der Waals surface area contributed by atoms with Gasteiger partial charge in [0, 0.05) is 6.04 Å². The van der Waals surface area contributed by atoms with E-state index >= 15 is 0 Å². The summed E-state index contributed by atoms with van der Waals surface area (Å²) in [5.41, 5.74) is 0.189. The van der Waals surface area contributed by atoms with E-state index < -0.39 is 17.4 Å². The van der Waals surface area contributed by atoms with Crippen molar-refractivity contribution in [1.29, 1.82) is 0 Å². The molecule has 0 radical (unpaired) electrons. The number of pyridine rings is 1. The third-order valence-electron chi connectivity index (χ3n) is 4.26. The molecule has 0 aromatic carbocycles. The molecule has 1 aromatic rings. The molecular weight excluding hydrogens is 272 g/mol. The Bertz CT molecular complexity index is 573. The number of carboxylic acids is 1. The van der Waals surface area contributed by atoms with E-state index in [-0.39, 0.29) is 6.04 Å². The van der Waals surface area contributed by atoms with Gasteiger partial charge in [-0.2, -0.15) is 0 Å². The fourth-order valence-corrected chi connectivity index (χ4v) is 2.80. The van der Waals surface area contributed by atoms with Gasteiger partial charge in [-0.25, -0.2) is 9.78 Å². The second-order valence-electron chi connectivity index (χ2n) is 5.63. The number of carbonyl (C=O) groups excluding carboxylic acids is 1. The van der Waals surface area contributed by atoms with Crippen LogP contribution in [0.4, 0.5) is 5.82 Å². The summed E-state index contributed by atoms with van der Waals surface area (Å²) in [6, 6.07) is 3.16.